The molecule has 1 aromatic heterocycles. The van der Waals surface area contributed by atoms with Crippen LogP contribution < -0.4 is 10.1 Å². The molecule has 2 aromatic rings. The fraction of sp³-hybridized carbons (Fsp3) is 0.294. The molecule has 2 rings (SSSR count). The molecule has 0 radical (unpaired) electrons. The highest BCUT2D eigenvalue weighted by atomic mass is 16.5. The van der Waals surface area contributed by atoms with Crippen LogP contribution in [0.5, 0.6) is 5.75 Å². The van der Waals surface area contributed by atoms with E-state index in [0.717, 1.165) is 33.8 Å². The maximum absolute atomic E-state index is 12.2. The number of carbonyl (C=O) groups is 1. The quantitative estimate of drug-likeness (QED) is 0.938. The number of amides is 1. The molecule has 110 valence electrons. The number of nitrogens with zero attached hydrogens (tertiary/aromatic N) is 1. The van der Waals surface area contributed by atoms with E-state index in [4.69, 9.17) is 4.74 Å². The molecule has 0 aliphatic carbocycles. The van der Waals surface area contributed by atoms with Gasteiger partial charge in [0.2, 0.25) is 5.91 Å². The van der Waals surface area contributed by atoms with Crippen molar-refractivity contribution in [2.45, 2.75) is 27.2 Å². The van der Waals surface area contributed by atoms with Gasteiger partial charge in [-0.05, 0) is 38.5 Å². The monoisotopic (exact) mass is 284 g/mol. The third-order valence-electron chi connectivity index (χ3n) is 3.23. The summed E-state index contributed by atoms with van der Waals surface area (Å²) in [6.45, 7) is 5.89. The Labute approximate surface area is 125 Å². The first kappa shape index (κ1) is 15.0. The number of benzene rings is 1. The third kappa shape index (κ3) is 3.81. The molecule has 1 N–H and O–H groups in total. The summed E-state index contributed by atoms with van der Waals surface area (Å²) in [6, 6.07) is 7.66. The van der Waals surface area contributed by atoms with Gasteiger partial charge < -0.3 is 10.1 Å². The Morgan fingerprint density at radius 1 is 1.24 bits per heavy atom. The van der Waals surface area contributed by atoms with E-state index >= 15 is 0 Å². The second-order valence-corrected chi connectivity index (χ2v) is 5.19. The minimum absolute atomic E-state index is 0.0658. The number of ether oxygens (including phenoxy) is 1. The molecular weight excluding hydrogens is 264 g/mol. The molecule has 0 aliphatic rings. The molecule has 0 atom stereocenters. The van der Waals surface area contributed by atoms with Gasteiger partial charge in [-0.25, -0.2) is 0 Å². The van der Waals surface area contributed by atoms with Gasteiger partial charge in [0, 0.05) is 23.1 Å². The summed E-state index contributed by atoms with van der Waals surface area (Å²) in [5.41, 5.74) is 4.70. The van der Waals surface area contributed by atoms with Gasteiger partial charge in [-0.2, -0.15) is 0 Å². The van der Waals surface area contributed by atoms with Crippen molar-refractivity contribution in [2.75, 3.05) is 12.4 Å². The van der Waals surface area contributed by atoms with Crippen LogP contribution in [-0.2, 0) is 11.2 Å². The number of aromatic nitrogens is 1. The summed E-state index contributed by atoms with van der Waals surface area (Å²) in [6.07, 6.45) is 1.97. The Bertz CT molecular complexity index is 666. The maximum atomic E-state index is 12.2. The van der Waals surface area contributed by atoms with Crippen LogP contribution >= 0.6 is 0 Å². The number of rotatable bonds is 4. The van der Waals surface area contributed by atoms with Crippen molar-refractivity contribution in [3.8, 4) is 5.75 Å². The zero-order valence-electron chi connectivity index (χ0n) is 12.9. The molecule has 1 heterocycles. The van der Waals surface area contributed by atoms with Crippen LogP contribution in [0.2, 0.25) is 0 Å². The van der Waals surface area contributed by atoms with Crippen molar-refractivity contribution in [2.24, 2.45) is 0 Å². The molecule has 0 unspecified atom stereocenters. The van der Waals surface area contributed by atoms with E-state index in [1.165, 1.54) is 0 Å². The average molecular weight is 284 g/mol. The smallest absolute Gasteiger partial charge is 0.228 e. The Hall–Kier alpha value is -2.36. The molecule has 1 aromatic carbocycles. The Morgan fingerprint density at radius 3 is 2.67 bits per heavy atom. The summed E-state index contributed by atoms with van der Waals surface area (Å²) in [4.78, 5) is 16.3. The summed E-state index contributed by atoms with van der Waals surface area (Å²) >= 11 is 0. The third-order valence-corrected chi connectivity index (χ3v) is 3.23. The number of pyridine rings is 1. The summed E-state index contributed by atoms with van der Waals surface area (Å²) < 4.78 is 5.41. The fourth-order valence-corrected chi connectivity index (χ4v) is 2.47. The minimum atomic E-state index is -0.0658. The van der Waals surface area contributed by atoms with Gasteiger partial charge in [0.1, 0.15) is 5.75 Å². The van der Waals surface area contributed by atoms with Gasteiger partial charge in [0.25, 0.3) is 0 Å². The zero-order chi connectivity index (χ0) is 15.4. The second-order valence-electron chi connectivity index (χ2n) is 5.19. The summed E-state index contributed by atoms with van der Waals surface area (Å²) in [7, 11) is 1.63. The van der Waals surface area contributed by atoms with E-state index in [1.807, 2.05) is 39.0 Å². The lowest BCUT2D eigenvalue weighted by atomic mass is 10.0. The number of nitrogens with one attached hydrogen (secondary N) is 1. The minimum Gasteiger partial charge on any atom is -0.496 e. The van der Waals surface area contributed by atoms with Crippen molar-refractivity contribution in [1.29, 1.82) is 0 Å². The van der Waals surface area contributed by atoms with E-state index in [2.05, 4.69) is 10.3 Å². The van der Waals surface area contributed by atoms with Gasteiger partial charge >= 0.3 is 0 Å². The SMILES string of the molecule is COc1c(C)cc(C)cc1CC(=O)Nc1ccnc(C)c1. The van der Waals surface area contributed by atoms with Crippen molar-refractivity contribution in [3.63, 3.8) is 0 Å². The lowest BCUT2D eigenvalue weighted by molar-refractivity contribution is -0.115. The van der Waals surface area contributed by atoms with Gasteiger partial charge in [0.05, 0.1) is 13.5 Å². The topological polar surface area (TPSA) is 51.2 Å². The second kappa shape index (κ2) is 6.39. The van der Waals surface area contributed by atoms with Crippen LogP contribution in [0.4, 0.5) is 5.69 Å². The number of hydrogen-bond donors (Lipinski definition) is 1. The van der Waals surface area contributed by atoms with Crippen molar-refractivity contribution in [1.82, 2.24) is 4.98 Å². The molecule has 0 saturated heterocycles. The van der Waals surface area contributed by atoms with Crippen LogP contribution in [0, 0.1) is 20.8 Å². The van der Waals surface area contributed by atoms with Gasteiger partial charge in [0.15, 0.2) is 0 Å². The number of aryl methyl sites for hydroxylation is 3. The Morgan fingerprint density at radius 2 is 2.00 bits per heavy atom. The van der Waals surface area contributed by atoms with Crippen molar-refractivity contribution in [3.05, 3.63) is 52.8 Å². The molecular formula is C17H20N2O2. The number of methoxy groups -OCH3 is 1. The van der Waals surface area contributed by atoms with E-state index in [1.54, 1.807) is 19.4 Å². The van der Waals surface area contributed by atoms with Crippen molar-refractivity contribution < 1.29 is 9.53 Å². The van der Waals surface area contributed by atoms with Crippen LogP contribution in [-0.4, -0.2) is 18.0 Å². The van der Waals surface area contributed by atoms with E-state index in [0.29, 0.717) is 0 Å². The summed E-state index contributed by atoms with van der Waals surface area (Å²) in [5, 5.41) is 2.89. The predicted molar refractivity (Wildman–Crippen MR) is 83.8 cm³/mol. The molecule has 0 spiro atoms. The number of carbonyl (C=O) groups excluding carboxylic acids is 1. The summed E-state index contributed by atoms with van der Waals surface area (Å²) in [5.74, 6) is 0.713. The highest BCUT2D eigenvalue weighted by Crippen LogP contribution is 2.25. The predicted octanol–water partition coefficient (Wildman–Crippen LogP) is 3.20. The lowest BCUT2D eigenvalue weighted by Crippen LogP contribution is -2.15. The highest BCUT2D eigenvalue weighted by Gasteiger charge is 2.12. The molecule has 1 amide bonds. The van der Waals surface area contributed by atoms with E-state index in [-0.39, 0.29) is 12.3 Å². The molecule has 0 bridgehead atoms. The largest absolute Gasteiger partial charge is 0.496 e. The molecule has 21 heavy (non-hydrogen) atoms. The van der Waals surface area contributed by atoms with Crippen LogP contribution in [0.3, 0.4) is 0 Å². The van der Waals surface area contributed by atoms with Gasteiger partial charge in [-0.15, -0.1) is 0 Å². The number of hydrogen-bond acceptors (Lipinski definition) is 3. The Kier molecular flexibility index (Phi) is 4.58. The van der Waals surface area contributed by atoms with E-state index < -0.39 is 0 Å². The first-order valence-corrected chi connectivity index (χ1v) is 6.86. The van der Waals surface area contributed by atoms with Crippen LogP contribution in [0.25, 0.3) is 0 Å². The van der Waals surface area contributed by atoms with Crippen LogP contribution in [0.15, 0.2) is 30.5 Å². The molecule has 4 heteroatoms. The van der Waals surface area contributed by atoms with Crippen molar-refractivity contribution >= 4 is 11.6 Å². The van der Waals surface area contributed by atoms with Gasteiger partial charge in [-0.3, -0.25) is 9.78 Å². The maximum Gasteiger partial charge on any atom is 0.228 e. The first-order chi connectivity index (χ1) is 9.99. The molecule has 0 saturated carbocycles. The zero-order valence-corrected chi connectivity index (χ0v) is 12.9. The lowest BCUT2D eigenvalue weighted by Gasteiger charge is -2.13. The first-order valence-electron chi connectivity index (χ1n) is 6.86. The molecule has 4 nitrogen and oxygen atoms in total. The van der Waals surface area contributed by atoms with Crippen LogP contribution in [0.1, 0.15) is 22.4 Å². The van der Waals surface area contributed by atoms with E-state index in [9.17, 15) is 4.79 Å². The Balaban J connectivity index is 2.16. The molecule has 0 aliphatic heterocycles. The van der Waals surface area contributed by atoms with Gasteiger partial charge in [-0.1, -0.05) is 17.7 Å². The fourth-order valence-electron chi connectivity index (χ4n) is 2.47. The standard InChI is InChI=1S/C17H20N2O2/c1-11-7-12(2)17(21-4)14(8-11)10-16(20)19-15-5-6-18-13(3)9-15/h5-9H,10H2,1-4H3,(H,18,19,20). The normalized spacial score (nSPS) is 10.3. The molecule has 0 fully saturated rings. The number of anilines is 1. The highest BCUT2D eigenvalue weighted by molar-refractivity contribution is 5.92. The average Bonchev–Trinajstić information content (AvgIpc) is 2.37.